The van der Waals surface area contributed by atoms with E-state index < -0.39 is 37.4 Å². The largest absolute Gasteiger partial charge is 0.416 e. The van der Waals surface area contributed by atoms with Gasteiger partial charge in [-0.2, -0.15) is 13.2 Å². The molecule has 0 spiro atoms. The lowest BCUT2D eigenvalue weighted by molar-refractivity contribution is -0.384. The first kappa shape index (κ1) is 24.5. The van der Waals surface area contributed by atoms with E-state index >= 15 is 0 Å². The van der Waals surface area contributed by atoms with Crippen molar-refractivity contribution in [2.45, 2.75) is 30.2 Å². The van der Waals surface area contributed by atoms with E-state index in [4.69, 9.17) is 0 Å². The SMILES string of the molecule is CC(C)S(=O)(=O)c1ccc(C(=O)N2CCN(c3ccc(C(F)(F)F)cc3[N+](=O)[O-])CC2)cc1. The number of anilines is 1. The van der Waals surface area contributed by atoms with Gasteiger partial charge >= 0.3 is 6.18 Å². The van der Waals surface area contributed by atoms with Gasteiger partial charge in [-0.1, -0.05) is 0 Å². The maximum absolute atomic E-state index is 12.9. The predicted octanol–water partition coefficient (Wildman–Crippen LogP) is 3.76. The molecule has 1 heterocycles. The Balaban J connectivity index is 1.72. The highest BCUT2D eigenvalue weighted by Gasteiger charge is 2.34. The number of alkyl halides is 3. The molecule has 0 bridgehead atoms. The summed E-state index contributed by atoms with van der Waals surface area (Å²) in [5.74, 6) is -0.329. The zero-order valence-corrected chi connectivity index (χ0v) is 18.7. The van der Waals surface area contributed by atoms with Crippen molar-refractivity contribution in [3.05, 3.63) is 63.7 Å². The molecular weight excluding hydrogens is 463 g/mol. The van der Waals surface area contributed by atoms with E-state index in [-0.39, 0.29) is 42.7 Å². The Kier molecular flexibility index (Phi) is 6.68. The van der Waals surface area contributed by atoms with Gasteiger partial charge in [-0.05, 0) is 50.2 Å². The highest BCUT2D eigenvalue weighted by Crippen LogP contribution is 2.36. The Labute approximate surface area is 188 Å². The van der Waals surface area contributed by atoms with Gasteiger partial charge < -0.3 is 9.80 Å². The van der Waals surface area contributed by atoms with Crippen LogP contribution in [0.2, 0.25) is 0 Å². The Morgan fingerprint density at radius 3 is 2.09 bits per heavy atom. The molecule has 1 saturated heterocycles. The summed E-state index contributed by atoms with van der Waals surface area (Å²) in [6.45, 7) is 3.91. The first-order chi connectivity index (χ1) is 15.3. The summed E-state index contributed by atoms with van der Waals surface area (Å²) < 4.78 is 63.2. The van der Waals surface area contributed by atoms with Gasteiger partial charge in [0.1, 0.15) is 5.69 Å². The van der Waals surface area contributed by atoms with Crippen molar-refractivity contribution < 1.29 is 31.3 Å². The van der Waals surface area contributed by atoms with Crippen LogP contribution in [0.1, 0.15) is 29.8 Å². The van der Waals surface area contributed by atoms with Crippen LogP contribution in [0.3, 0.4) is 0 Å². The zero-order chi connectivity index (χ0) is 24.6. The molecule has 1 amide bonds. The summed E-state index contributed by atoms with van der Waals surface area (Å²) in [6.07, 6.45) is -4.70. The van der Waals surface area contributed by atoms with E-state index in [9.17, 15) is 36.5 Å². The molecule has 0 N–H and O–H groups in total. The number of hydrogen-bond acceptors (Lipinski definition) is 6. The van der Waals surface area contributed by atoms with Crippen molar-refractivity contribution in [1.82, 2.24) is 4.90 Å². The number of benzene rings is 2. The molecule has 33 heavy (non-hydrogen) atoms. The van der Waals surface area contributed by atoms with E-state index in [2.05, 4.69) is 0 Å². The van der Waals surface area contributed by atoms with Gasteiger partial charge in [0, 0.05) is 37.8 Å². The first-order valence-electron chi connectivity index (χ1n) is 10.1. The second-order valence-corrected chi connectivity index (χ2v) is 10.4. The first-order valence-corrected chi connectivity index (χ1v) is 11.6. The lowest BCUT2D eigenvalue weighted by Gasteiger charge is -2.36. The molecule has 0 saturated carbocycles. The van der Waals surface area contributed by atoms with Crippen LogP contribution in [-0.2, 0) is 16.0 Å². The molecule has 3 rings (SSSR count). The third kappa shape index (κ3) is 5.10. The molecular formula is C21H22F3N3O5S. The van der Waals surface area contributed by atoms with Gasteiger partial charge in [-0.15, -0.1) is 0 Å². The highest BCUT2D eigenvalue weighted by molar-refractivity contribution is 7.92. The smallest absolute Gasteiger partial charge is 0.362 e. The molecule has 0 aliphatic carbocycles. The summed E-state index contributed by atoms with van der Waals surface area (Å²) in [6, 6.07) is 8.02. The van der Waals surface area contributed by atoms with Gasteiger partial charge in [0.05, 0.1) is 20.6 Å². The number of carbonyl (C=O) groups is 1. The fraction of sp³-hybridized carbons (Fsp3) is 0.381. The van der Waals surface area contributed by atoms with Crippen molar-refractivity contribution in [3.63, 3.8) is 0 Å². The number of nitro groups is 1. The number of rotatable bonds is 5. The third-order valence-electron chi connectivity index (χ3n) is 5.46. The topological polar surface area (TPSA) is 101 Å². The average Bonchev–Trinajstić information content (AvgIpc) is 2.77. The summed E-state index contributed by atoms with van der Waals surface area (Å²) in [5.41, 5.74) is -1.39. The number of nitro benzene ring substituents is 1. The monoisotopic (exact) mass is 485 g/mol. The highest BCUT2D eigenvalue weighted by atomic mass is 32.2. The maximum Gasteiger partial charge on any atom is 0.416 e. The molecule has 1 aliphatic heterocycles. The molecule has 178 valence electrons. The van der Waals surface area contributed by atoms with Crippen molar-refractivity contribution in [2.24, 2.45) is 0 Å². The quantitative estimate of drug-likeness (QED) is 0.472. The summed E-state index contributed by atoms with van der Waals surface area (Å²) >= 11 is 0. The van der Waals surface area contributed by atoms with E-state index in [1.54, 1.807) is 18.7 Å². The minimum absolute atomic E-state index is 0.0587. The Bertz CT molecular complexity index is 1160. The summed E-state index contributed by atoms with van der Waals surface area (Å²) in [4.78, 5) is 26.5. The second kappa shape index (κ2) is 9.00. The Morgan fingerprint density at radius 1 is 1.03 bits per heavy atom. The molecule has 1 fully saturated rings. The molecule has 1 aliphatic rings. The van der Waals surface area contributed by atoms with Crippen LogP contribution in [0.25, 0.3) is 0 Å². The molecule has 12 heteroatoms. The average molecular weight is 485 g/mol. The van der Waals surface area contributed by atoms with Crippen molar-refractivity contribution in [3.8, 4) is 0 Å². The number of nitrogens with zero attached hydrogens (tertiary/aromatic N) is 3. The number of amides is 1. The lowest BCUT2D eigenvalue weighted by atomic mass is 10.1. The van der Waals surface area contributed by atoms with E-state index in [0.29, 0.717) is 11.6 Å². The lowest BCUT2D eigenvalue weighted by Crippen LogP contribution is -2.49. The van der Waals surface area contributed by atoms with Gasteiger partial charge in [-0.25, -0.2) is 8.42 Å². The standard InChI is InChI=1S/C21H22F3N3O5S/c1-14(2)33(31,32)17-6-3-15(4-7-17)20(28)26-11-9-25(10-12-26)18-8-5-16(21(22,23)24)13-19(18)27(29)30/h3-8,13-14H,9-12H2,1-2H3. The zero-order valence-electron chi connectivity index (χ0n) is 17.9. The van der Waals surface area contributed by atoms with Crippen LogP contribution in [0.5, 0.6) is 0 Å². The third-order valence-corrected chi connectivity index (χ3v) is 7.63. The van der Waals surface area contributed by atoms with Crippen LogP contribution < -0.4 is 4.90 Å². The molecule has 0 atom stereocenters. The molecule has 2 aromatic rings. The minimum Gasteiger partial charge on any atom is -0.362 e. The summed E-state index contributed by atoms with van der Waals surface area (Å²) in [5, 5.41) is 10.7. The van der Waals surface area contributed by atoms with Crippen LogP contribution in [0.4, 0.5) is 24.5 Å². The van der Waals surface area contributed by atoms with Gasteiger partial charge in [0.2, 0.25) is 0 Å². The van der Waals surface area contributed by atoms with Crippen LogP contribution in [0, 0.1) is 10.1 Å². The number of carbonyl (C=O) groups excluding carboxylic acids is 1. The molecule has 0 unspecified atom stereocenters. The van der Waals surface area contributed by atoms with Crippen molar-refractivity contribution in [1.29, 1.82) is 0 Å². The Hall–Kier alpha value is -3.15. The fourth-order valence-corrected chi connectivity index (χ4v) is 4.57. The van der Waals surface area contributed by atoms with Crippen molar-refractivity contribution >= 4 is 27.1 Å². The molecule has 0 aromatic heterocycles. The van der Waals surface area contributed by atoms with Crippen LogP contribution >= 0.6 is 0 Å². The van der Waals surface area contributed by atoms with Crippen LogP contribution in [0.15, 0.2) is 47.4 Å². The number of halogens is 3. The number of sulfone groups is 1. The molecule has 0 radical (unpaired) electrons. The van der Waals surface area contributed by atoms with Crippen LogP contribution in [-0.4, -0.2) is 55.6 Å². The fourth-order valence-electron chi connectivity index (χ4n) is 3.51. The maximum atomic E-state index is 12.9. The van der Waals surface area contributed by atoms with E-state index in [1.165, 1.54) is 29.2 Å². The normalized spacial score (nSPS) is 15.1. The van der Waals surface area contributed by atoms with E-state index in [1.807, 2.05) is 0 Å². The second-order valence-electron chi connectivity index (χ2n) is 7.86. The Morgan fingerprint density at radius 2 is 1.61 bits per heavy atom. The summed E-state index contributed by atoms with van der Waals surface area (Å²) in [7, 11) is -3.46. The van der Waals surface area contributed by atoms with Crippen molar-refractivity contribution in [2.75, 3.05) is 31.1 Å². The van der Waals surface area contributed by atoms with Gasteiger partial charge in [0.15, 0.2) is 9.84 Å². The number of hydrogen-bond donors (Lipinski definition) is 0. The minimum atomic E-state index is -4.70. The molecule has 2 aromatic carbocycles. The van der Waals surface area contributed by atoms with E-state index in [0.717, 1.165) is 12.1 Å². The predicted molar refractivity (Wildman–Crippen MR) is 115 cm³/mol. The van der Waals surface area contributed by atoms with Gasteiger partial charge in [0.25, 0.3) is 11.6 Å². The molecule has 8 nitrogen and oxygen atoms in total. The number of piperazine rings is 1. The van der Waals surface area contributed by atoms with Gasteiger partial charge in [-0.3, -0.25) is 14.9 Å².